The van der Waals surface area contributed by atoms with Crippen molar-refractivity contribution in [2.24, 2.45) is 0 Å². The maximum atomic E-state index is 13.4. The molecule has 144 valence electrons. The third-order valence-electron chi connectivity index (χ3n) is 4.95. The number of hydrogen-bond acceptors (Lipinski definition) is 5. The Kier molecular flexibility index (Phi) is 5.75. The zero-order valence-electron chi connectivity index (χ0n) is 15.7. The van der Waals surface area contributed by atoms with E-state index < -0.39 is 0 Å². The Bertz CT molecular complexity index is 910. The minimum atomic E-state index is -0.240. The van der Waals surface area contributed by atoms with Crippen molar-refractivity contribution in [3.05, 3.63) is 66.1 Å². The molecule has 28 heavy (non-hydrogen) atoms. The molecule has 5 nitrogen and oxygen atoms in total. The summed E-state index contributed by atoms with van der Waals surface area (Å²) in [5.74, 6) is 1.06. The number of nitrogens with one attached hydrogen (secondary N) is 2. The molecule has 0 spiro atoms. The van der Waals surface area contributed by atoms with Gasteiger partial charge in [-0.25, -0.2) is 9.37 Å². The molecule has 2 N–H and O–H groups in total. The highest BCUT2D eigenvalue weighted by Crippen LogP contribution is 2.24. The standard InChI is InChI=1S/C22H24FN5/c23-17-8-6-7-16(13-17)15-25-21-14-20(19-11-4-5-12-24-19)27-22(28-21)26-18-9-2-1-3-10-18/h4-8,11-14,18H,1-3,9-10,15H2,(H2,25,26,27,28). The quantitative estimate of drug-likeness (QED) is 0.630. The summed E-state index contributed by atoms with van der Waals surface area (Å²) in [6.07, 6.45) is 7.82. The van der Waals surface area contributed by atoms with Crippen LogP contribution >= 0.6 is 0 Å². The fourth-order valence-electron chi connectivity index (χ4n) is 3.52. The van der Waals surface area contributed by atoms with E-state index >= 15 is 0 Å². The van der Waals surface area contributed by atoms with Crippen molar-refractivity contribution in [2.75, 3.05) is 10.6 Å². The fourth-order valence-corrected chi connectivity index (χ4v) is 3.52. The zero-order valence-corrected chi connectivity index (χ0v) is 15.7. The minimum Gasteiger partial charge on any atom is -0.366 e. The molecular weight excluding hydrogens is 353 g/mol. The molecule has 2 heterocycles. The van der Waals surface area contributed by atoms with Crippen molar-refractivity contribution in [3.8, 4) is 11.4 Å². The van der Waals surface area contributed by atoms with Crippen LogP contribution in [0.25, 0.3) is 11.4 Å². The van der Waals surface area contributed by atoms with Crippen molar-refractivity contribution >= 4 is 11.8 Å². The Balaban J connectivity index is 1.57. The molecule has 0 aliphatic heterocycles. The monoisotopic (exact) mass is 377 g/mol. The van der Waals surface area contributed by atoms with Gasteiger partial charge in [-0.1, -0.05) is 37.5 Å². The summed E-state index contributed by atoms with van der Waals surface area (Å²) in [7, 11) is 0. The molecule has 4 rings (SSSR count). The van der Waals surface area contributed by atoms with Gasteiger partial charge >= 0.3 is 0 Å². The Morgan fingerprint density at radius 3 is 2.61 bits per heavy atom. The normalized spacial score (nSPS) is 14.6. The minimum absolute atomic E-state index is 0.240. The second-order valence-corrected chi connectivity index (χ2v) is 7.14. The molecule has 1 saturated carbocycles. The summed E-state index contributed by atoms with van der Waals surface area (Å²) >= 11 is 0. The highest BCUT2D eigenvalue weighted by Gasteiger charge is 2.15. The Morgan fingerprint density at radius 2 is 1.82 bits per heavy atom. The molecule has 2 aromatic heterocycles. The molecule has 0 bridgehead atoms. The van der Waals surface area contributed by atoms with Gasteiger partial charge in [-0.05, 0) is 42.7 Å². The van der Waals surface area contributed by atoms with E-state index in [1.165, 1.54) is 31.4 Å². The number of benzene rings is 1. The number of hydrogen-bond donors (Lipinski definition) is 2. The first-order chi connectivity index (χ1) is 13.8. The summed E-state index contributed by atoms with van der Waals surface area (Å²) in [5.41, 5.74) is 2.42. The summed E-state index contributed by atoms with van der Waals surface area (Å²) in [6.45, 7) is 0.485. The SMILES string of the molecule is Fc1cccc(CNc2cc(-c3ccccn3)nc(NC3CCCCC3)n2)c1. The van der Waals surface area contributed by atoms with Gasteiger partial charge in [0.2, 0.25) is 5.95 Å². The predicted octanol–water partition coefficient (Wildman–Crippen LogP) is 5.03. The van der Waals surface area contributed by atoms with Crippen molar-refractivity contribution in [2.45, 2.75) is 44.7 Å². The Hall–Kier alpha value is -3.02. The largest absolute Gasteiger partial charge is 0.366 e. The van der Waals surface area contributed by atoms with Gasteiger partial charge < -0.3 is 10.6 Å². The molecule has 0 saturated heterocycles. The molecule has 1 aromatic carbocycles. The van der Waals surface area contributed by atoms with Crippen molar-refractivity contribution in [1.82, 2.24) is 15.0 Å². The van der Waals surface area contributed by atoms with E-state index in [1.807, 2.05) is 30.3 Å². The van der Waals surface area contributed by atoms with E-state index in [0.717, 1.165) is 29.8 Å². The van der Waals surface area contributed by atoms with E-state index in [4.69, 9.17) is 0 Å². The van der Waals surface area contributed by atoms with Gasteiger partial charge in [0.1, 0.15) is 11.6 Å². The average molecular weight is 377 g/mol. The highest BCUT2D eigenvalue weighted by molar-refractivity contribution is 5.61. The highest BCUT2D eigenvalue weighted by atomic mass is 19.1. The maximum absolute atomic E-state index is 13.4. The van der Waals surface area contributed by atoms with Gasteiger partial charge in [0, 0.05) is 24.8 Å². The maximum Gasteiger partial charge on any atom is 0.225 e. The van der Waals surface area contributed by atoms with E-state index in [0.29, 0.717) is 24.4 Å². The number of aromatic nitrogens is 3. The summed E-state index contributed by atoms with van der Waals surface area (Å²) in [5, 5.41) is 6.78. The lowest BCUT2D eigenvalue weighted by atomic mass is 9.96. The van der Waals surface area contributed by atoms with Gasteiger partial charge in [0.05, 0.1) is 11.4 Å². The zero-order chi connectivity index (χ0) is 19.2. The van der Waals surface area contributed by atoms with Crippen LogP contribution in [-0.2, 0) is 6.54 Å². The van der Waals surface area contributed by atoms with Crippen LogP contribution in [0.1, 0.15) is 37.7 Å². The lowest BCUT2D eigenvalue weighted by Crippen LogP contribution is -2.23. The van der Waals surface area contributed by atoms with Crippen molar-refractivity contribution in [3.63, 3.8) is 0 Å². The fraction of sp³-hybridized carbons (Fsp3) is 0.318. The van der Waals surface area contributed by atoms with Crippen LogP contribution in [-0.4, -0.2) is 21.0 Å². The van der Waals surface area contributed by atoms with Gasteiger partial charge in [-0.3, -0.25) is 4.98 Å². The lowest BCUT2D eigenvalue weighted by Gasteiger charge is -2.23. The van der Waals surface area contributed by atoms with Crippen LogP contribution in [0.2, 0.25) is 0 Å². The third kappa shape index (κ3) is 4.82. The van der Waals surface area contributed by atoms with Crippen molar-refractivity contribution < 1.29 is 4.39 Å². The van der Waals surface area contributed by atoms with Crippen LogP contribution < -0.4 is 10.6 Å². The summed E-state index contributed by atoms with van der Waals surface area (Å²) in [6, 6.07) is 14.6. The summed E-state index contributed by atoms with van der Waals surface area (Å²) in [4.78, 5) is 13.7. The van der Waals surface area contributed by atoms with E-state index in [1.54, 1.807) is 12.3 Å². The summed E-state index contributed by atoms with van der Waals surface area (Å²) < 4.78 is 13.4. The molecule has 3 aromatic rings. The van der Waals surface area contributed by atoms with Gasteiger partial charge in [-0.2, -0.15) is 4.98 Å². The number of rotatable bonds is 6. The smallest absolute Gasteiger partial charge is 0.225 e. The number of halogens is 1. The predicted molar refractivity (Wildman–Crippen MR) is 109 cm³/mol. The molecule has 1 fully saturated rings. The number of anilines is 2. The van der Waals surface area contributed by atoms with Crippen LogP contribution in [0.4, 0.5) is 16.2 Å². The lowest BCUT2D eigenvalue weighted by molar-refractivity contribution is 0.461. The third-order valence-corrected chi connectivity index (χ3v) is 4.95. The molecule has 1 aliphatic carbocycles. The first-order valence-corrected chi connectivity index (χ1v) is 9.81. The Labute approximate surface area is 164 Å². The number of nitrogens with zero attached hydrogens (tertiary/aromatic N) is 3. The Morgan fingerprint density at radius 1 is 0.929 bits per heavy atom. The number of pyridine rings is 1. The first-order valence-electron chi connectivity index (χ1n) is 9.81. The van der Waals surface area contributed by atoms with E-state index in [2.05, 4.69) is 25.6 Å². The second kappa shape index (κ2) is 8.78. The molecule has 0 radical (unpaired) electrons. The van der Waals surface area contributed by atoms with E-state index in [9.17, 15) is 4.39 Å². The van der Waals surface area contributed by atoms with Crippen LogP contribution in [0.5, 0.6) is 0 Å². The van der Waals surface area contributed by atoms with Crippen LogP contribution in [0.15, 0.2) is 54.7 Å². The van der Waals surface area contributed by atoms with Crippen LogP contribution in [0.3, 0.4) is 0 Å². The molecule has 1 aliphatic rings. The molecule has 6 heteroatoms. The molecule has 0 amide bonds. The molecule has 0 unspecified atom stereocenters. The van der Waals surface area contributed by atoms with E-state index in [-0.39, 0.29) is 5.82 Å². The second-order valence-electron chi connectivity index (χ2n) is 7.14. The topological polar surface area (TPSA) is 62.7 Å². The van der Waals surface area contributed by atoms with Crippen molar-refractivity contribution in [1.29, 1.82) is 0 Å². The molecule has 0 atom stereocenters. The van der Waals surface area contributed by atoms with Crippen LogP contribution in [0, 0.1) is 5.82 Å². The van der Waals surface area contributed by atoms with Gasteiger partial charge in [0.15, 0.2) is 0 Å². The molecular formula is C22H24FN5. The average Bonchev–Trinajstić information content (AvgIpc) is 2.74. The van der Waals surface area contributed by atoms with Gasteiger partial charge in [0.25, 0.3) is 0 Å². The first kappa shape index (κ1) is 18.3. The van der Waals surface area contributed by atoms with Gasteiger partial charge in [-0.15, -0.1) is 0 Å².